The maximum absolute atomic E-state index is 11.9. The first-order valence-corrected chi connectivity index (χ1v) is 8.34. The summed E-state index contributed by atoms with van der Waals surface area (Å²) in [6, 6.07) is 0. The molecule has 8 heteroatoms. The van der Waals surface area contributed by atoms with Gasteiger partial charge >= 0.3 is 0 Å². The molecule has 1 aromatic heterocycles. The van der Waals surface area contributed by atoms with Crippen molar-refractivity contribution in [3.8, 4) is 0 Å². The normalized spacial score (nSPS) is 21.9. The maximum Gasteiger partial charge on any atom is 0.290 e. The summed E-state index contributed by atoms with van der Waals surface area (Å²) in [5, 5.41) is 8.72. The van der Waals surface area contributed by atoms with Gasteiger partial charge in [0, 0.05) is 12.0 Å². The summed E-state index contributed by atoms with van der Waals surface area (Å²) in [5.74, 6) is 0.433. The van der Waals surface area contributed by atoms with Crippen molar-refractivity contribution < 1.29 is 13.2 Å². The fourth-order valence-electron chi connectivity index (χ4n) is 2.07. The molecule has 1 aliphatic rings. The number of hydrogen-bond donors (Lipinski definition) is 2. The van der Waals surface area contributed by atoms with E-state index in [0.29, 0.717) is 18.7 Å². The Morgan fingerprint density at radius 2 is 2.15 bits per heavy atom. The number of aromatic amines is 1. The van der Waals surface area contributed by atoms with Crippen molar-refractivity contribution in [2.75, 3.05) is 12.3 Å². The molecule has 1 amide bonds. The molecule has 0 aromatic carbocycles. The molecule has 7 nitrogen and oxygen atoms in total. The van der Waals surface area contributed by atoms with Crippen LogP contribution in [0.4, 0.5) is 0 Å². The zero-order valence-electron chi connectivity index (χ0n) is 11.9. The minimum atomic E-state index is -3.05. The minimum Gasteiger partial charge on any atom is -0.348 e. The van der Waals surface area contributed by atoms with Gasteiger partial charge in [0.2, 0.25) is 5.82 Å². The number of hydrogen-bond acceptors (Lipinski definition) is 5. The van der Waals surface area contributed by atoms with Crippen molar-refractivity contribution in [2.24, 2.45) is 0 Å². The predicted molar refractivity (Wildman–Crippen MR) is 74.2 cm³/mol. The number of carbonyl (C=O) groups is 1. The van der Waals surface area contributed by atoms with Crippen molar-refractivity contribution in [3.63, 3.8) is 0 Å². The fraction of sp³-hybridized carbons (Fsp3) is 0.750. The SMILES string of the molecule is CC(C)(C)c1nc(C(=O)NCC2CCCS2(=O)=O)n[nH]1. The summed E-state index contributed by atoms with van der Waals surface area (Å²) in [4.78, 5) is 16.0. The topological polar surface area (TPSA) is 105 Å². The zero-order chi connectivity index (χ0) is 15.0. The Morgan fingerprint density at radius 1 is 1.45 bits per heavy atom. The van der Waals surface area contributed by atoms with Gasteiger partial charge in [0.1, 0.15) is 5.82 Å². The lowest BCUT2D eigenvalue weighted by atomic mass is 9.96. The van der Waals surface area contributed by atoms with Gasteiger partial charge in [0.05, 0.1) is 11.0 Å². The van der Waals surface area contributed by atoms with E-state index in [4.69, 9.17) is 0 Å². The number of amides is 1. The molecule has 1 unspecified atom stereocenters. The van der Waals surface area contributed by atoms with Crippen molar-refractivity contribution in [2.45, 2.75) is 44.3 Å². The molecular formula is C12H20N4O3S. The molecule has 1 aromatic rings. The minimum absolute atomic E-state index is 0.0466. The highest BCUT2D eigenvalue weighted by Crippen LogP contribution is 2.19. The highest BCUT2D eigenvalue weighted by molar-refractivity contribution is 7.92. The average Bonchev–Trinajstić information content (AvgIpc) is 2.91. The number of aromatic nitrogens is 3. The molecule has 0 bridgehead atoms. The van der Waals surface area contributed by atoms with Crippen LogP contribution in [0.5, 0.6) is 0 Å². The van der Waals surface area contributed by atoms with Gasteiger partial charge in [-0.2, -0.15) is 0 Å². The standard InChI is InChI=1S/C12H20N4O3S/c1-12(2,3)11-14-9(15-16-11)10(17)13-7-8-5-4-6-20(8,18)19/h8H,4-7H2,1-3H3,(H,13,17)(H,14,15,16). The molecule has 1 fully saturated rings. The van der Waals surface area contributed by atoms with Gasteiger partial charge in [-0.15, -0.1) is 5.10 Å². The predicted octanol–water partition coefficient (Wildman–Crippen LogP) is 0.409. The highest BCUT2D eigenvalue weighted by Gasteiger charge is 2.31. The molecule has 1 saturated heterocycles. The molecule has 1 atom stereocenters. The van der Waals surface area contributed by atoms with Crippen LogP contribution in [0.1, 0.15) is 50.1 Å². The molecule has 1 aliphatic heterocycles. The Balaban J connectivity index is 1.97. The quantitative estimate of drug-likeness (QED) is 0.841. The molecule has 2 rings (SSSR count). The summed E-state index contributed by atoms with van der Waals surface area (Å²) in [5.41, 5.74) is -0.222. The molecule has 2 heterocycles. The van der Waals surface area contributed by atoms with Gasteiger partial charge in [-0.3, -0.25) is 9.89 Å². The molecule has 2 N–H and O–H groups in total. The van der Waals surface area contributed by atoms with E-state index >= 15 is 0 Å². The summed E-state index contributed by atoms with van der Waals surface area (Å²) < 4.78 is 23.3. The van der Waals surface area contributed by atoms with E-state index in [2.05, 4.69) is 20.5 Å². The van der Waals surface area contributed by atoms with E-state index in [9.17, 15) is 13.2 Å². The fourth-order valence-corrected chi connectivity index (χ4v) is 3.84. The zero-order valence-corrected chi connectivity index (χ0v) is 12.7. The van der Waals surface area contributed by atoms with Gasteiger partial charge in [-0.25, -0.2) is 13.4 Å². The maximum atomic E-state index is 11.9. The van der Waals surface area contributed by atoms with Crippen molar-refractivity contribution in [1.29, 1.82) is 0 Å². The van der Waals surface area contributed by atoms with Gasteiger partial charge in [0.25, 0.3) is 5.91 Å². The summed E-state index contributed by atoms with van der Waals surface area (Å²) in [6.07, 6.45) is 1.27. The van der Waals surface area contributed by atoms with Crippen molar-refractivity contribution in [1.82, 2.24) is 20.5 Å². The first kappa shape index (κ1) is 15.0. The number of carbonyl (C=O) groups excluding carboxylic acids is 1. The molecule has 0 aliphatic carbocycles. The van der Waals surface area contributed by atoms with Gasteiger partial charge < -0.3 is 5.32 Å². The van der Waals surface area contributed by atoms with E-state index in [1.54, 1.807) is 0 Å². The molecular weight excluding hydrogens is 280 g/mol. The van der Waals surface area contributed by atoms with Crippen LogP contribution in [0, 0.1) is 0 Å². The Kier molecular flexibility index (Phi) is 3.86. The second-order valence-electron chi connectivity index (χ2n) is 6.10. The lowest BCUT2D eigenvalue weighted by Crippen LogP contribution is -2.35. The van der Waals surface area contributed by atoms with E-state index in [0.717, 1.165) is 0 Å². The van der Waals surface area contributed by atoms with Crippen LogP contribution in [0.3, 0.4) is 0 Å². The second kappa shape index (κ2) is 5.16. The largest absolute Gasteiger partial charge is 0.348 e. The summed E-state index contributed by atoms with van der Waals surface area (Å²) in [7, 11) is -3.05. The lowest BCUT2D eigenvalue weighted by Gasteiger charge is -2.13. The third-order valence-electron chi connectivity index (χ3n) is 3.35. The summed E-state index contributed by atoms with van der Waals surface area (Å²) in [6.45, 7) is 6.00. The van der Waals surface area contributed by atoms with Crippen LogP contribution in [-0.4, -0.2) is 47.1 Å². The van der Waals surface area contributed by atoms with Crippen LogP contribution in [0.25, 0.3) is 0 Å². The Hall–Kier alpha value is -1.44. The third-order valence-corrected chi connectivity index (χ3v) is 5.63. The number of rotatable bonds is 3. The van der Waals surface area contributed by atoms with Crippen LogP contribution in [0.15, 0.2) is 0 Å². The van der Waals surface area contributed by atoms with Gasteiger partial charge in [-0.05, 0) is 12.8 Å². The van der Waals surface area contributed by atoms with Crippen LogP contribution >= 0.6 is 0 Å². The number of nitrogens with one attached hydrogen (secondary N) is 2. The molecule has 0 spiro atoms. The number of sulfone groups is 1. The highest BCUT2D eigenvalue weighted by atomic mass is 32.2. The Labute approximate surface area is 118 Å². The number of H-pyrrole nitrogens is 1. The molecule has 20 heavy (non-hydrogen) atoms. The molecule has 0 radical (unpaired) electrons. The van der Waals surface area contributed by atoms with Crippen molar-refractivity contribution in [3.05, 3.63) is 11.6 Å². The van der Waals surface area contributed by atoms with E-state index in [1.807, 2.05) is 20.8 Å². The van der Waals surface area contributed by atoms with Gasteiger partial charge in [0.15, 0.2) is 9.84 Å². The second-order valence-corrected chi connectivity index (χ2v) is 8.50. The van der Waals surface area contributed by atoms with E-state index in [1.165, 1.54) is 0 Å². The third kappa shape index (κ3) is 3.17. The number of nitrogens with zero attached hydrogens (tertiary/aromatic N) is 2. The first-order valence-electron chi connectivity index (χ1n) is 6.63. The van der Waals surface area contributed by atoms with E-state index in [-0.39, 0.29) is 23.5 Å². The smallest absolute Gasteiger partial charge is 0.290 e. The van der Waals surface area contributed by atoms with Crippen LogP contribution in [0.2, 0.25) is 0 Å². The molecule has 112 valence electrons. The average molecular weight is 300 g/mol. The molecule has 0 saturated carbocycles. The summed E-state index contributed by atoms with van der Waals surface area (Å²) >= 11 is 0. The first-order chi connectivity index (χ1) is 9.20. The van der Waals surface area contributed by atoms with Crippen LogP contribution < -0.4 is 5.32 Å². The van der Waals surface area contributed by atoms with Gasteiger partial charge in [-0.1, -0.05) is 20.8 Å². The van der Waals surface area contributed by atoms with Crippen molar-refractivity contribution >= 4 is 15.7 Å². The Morgan fingerprint density at radius 3 is 2.65 bits per heavy atom. The Bertz CT molecular complexity index is 600. The monoisotopic (exact) mass is 300 g/mol. The lowest BCUT2D eigenvalue weighted by molar-refractivity contribution is 0.0943. The van der Waals surface area contributed by atoms with E-state index < -0.39 is 21.0 Å². The van der Waals surface area contributed by atoms with Crippen LogP contribution in [-0.2, 0) is 15.3 Å².